The van der Waals surface area contributed by atoms with Gasteiger partial charge in [0.2, 0.25) is 0 Å². The van der Waals surface area contributed by atoms with Crippen LogP contribution in [0.25, 0.3) is 0 Å². The van der Waals surface area contributed by atoms with Gasteiger partial charge in [0, 0.05) is 11.2 Å². The van der Waals surface area contributed by atoms with Crippen LogP contribution in [0, 0.1) is 0 Å². The van der Waals surface area contributed by atoms with Crippen molar-refractivity contribution in [1.82, 2.24) is 0 Å². The van der Waals surface area contributed by atoms with Crippen molar-refractivity contribution in [3.63, 3.8) is 0 Å². The molecule has 0 unspecified atom stereocenters. The van der Waals surface area contributed by atoms with Gasteiger partial charge in [-0.25, -0.2) is 8.42 Å². The summed E-state index contributed by atoms with van der Waals surface area (Å²) in [7, 11) is -3.47. The molecule has 7 heteroatoms. The number of rotatable bonds is 4. The largest absolute Gasteiger partial charge is 0.481 e. The fourth-order valence-corrected chi connectivity index (χ4v) is 5.44. The maximum Gasteiger partial charge on any atom is 0.314 e. The van der Waals surface area contributed by atoms with Crippen LogP contribution in [-0.4, -0.2) is 32.0 Å². The zero-order chi connectivity index (χ0) is 15.8. The Morgan fingerprint density at radius 2 is 1.90 bits per heavy atom. The molecule has 21 heavy (non-hydrogen) atoms. The van der Waals surface area contributed by atoms with Gasteiger partial charge in [-0.3, -0.25) is 4.79 Å². The number of halogens is 1. The van der Waals surface area contributed by atoms with E-state index < -0.39 is 21.2 Å². The van der Waals surface area contributed by atoms with Crippen LogP contribution in [-0.2, 0) is 20.0 Å². The van der Waals surface area contributed by atoms with E-state index in [2.05, 4.69) is 0 Å². The summed E-state index contributed by atoms with van der Waals surface area (Å²) in [5.41, 5.74) is -0.518. The summed E-state index contributed by atoms with van der Waals surface area (Å²) in [6, 6.07) is 3.11. The maximum atomic E-state index is 12.0. The second-order valence-corrected chi connectivity index (χ2v) is 8.56. The molecule has 0 aliphatic heterocycles. The summed E-state index contributed by atoms with van der Waals surface area (Å²) in [6.45, 7) is 0. The SMILES string of the molecule is CSc1c(Cl)cc(C2(C(=O)O)CCCC2)cc1S(C)(=O)=O. The summed E-state index contributed by atoms with van der Waals surface area (Å²) in [5, 5.41) is 9.93. The second-order valence-electron chi connectivity index (χ2n) is 5.36. The van der Waals surface area contributed by atoms with Gasteiger partial charge in [0.25, 0.3) is 0 Å². The minimum absolute atomic E-state index is 0.116. The zero-order valence-electron chi connectivity index (χ0n) is 11.8. The maximum absolute atomic E-state index is 12.0. The van der Waals surface area contributed by atoms with Crippen molar-refractivity contribution in [2.75, 3.05) is 12.5 Å². The third-order valence-corrected chi connectivity index (χ3v) is 6.54. The quantitative estimate of drug-likeness (QED) is 0.845. The minimum Gasteiger partial charge on any atom is -0.481 e. The monoisotopic (exact) mass is 348 g/mol. The van der Waals surface area contributed by atoms with Gasteiger partial charge in [0.15, 0.2) is 9.84 Å². The van der Waals surface area contributed by atoms with Crippen LogP contribution < -0.4 is 0 Å². The average molecular weight is 349 g/mol. The van der Waals surface area contributed by atoms with Gasteiger partial charge in [0.1, 0.15) is 0 Å². The fourth-order valence-electron chi connectivity index (χ4n) is 2.92. The van der Waals surface area contributed by atoms with Crippen molar-refractivity contribution in [3.8, 4) is 0 Å². The molecule has 0 spiro atoms. The van der Waals surface area contributed by atoms with Crippen LogP contribution in [0.3, 0.4) is 0 Å². The summed E-state index contributed by atoms with van der Waals surface area (Å²) in [6.07, 6.45) is 5.54. The van der Waals surface area contributed by atoms with E-state index in [0.717, 1.165) is 19.1 Å². The standard InChI is InChI=1S/C14H17ClO4S2/c1-20-12-10(15)7-9(8-11(12)21(2,18)19)14(13(16)17)5-3-4-6-14/h7-8H,3-6H2,1-2H3,(H,16,17). The van der Waals surface area contributed by atoms with Gasteiger partial charge in [-0.15, -0.1) is 11.8 Å². The molecule has 1 fully saturated rings. The Morgan fingerprint density at radius 1 is 1.33 bits per heavy atom. The molecule has 1 aliphatic carbocycles. The van der Waals surface area contributed by atoms with Crippen LogP contribution in [0.15, 0.2) is 21.9 Å². The molecule has 116 valence electrons. The Hall–Kier alpha value is -0.720. The molecule has 0 radical (unpaired) electrons. The number of hydrogen-bond acceptors (Lipinski definition) is 4. The van der Waals surface area contributed by atoms with Gasteiger partial charge in [-0.1, -0.05) is 24.4 Å². The van der Waals surface area contributed by atoms with Crippen LogP contribution in [0.1, 0.15) is 31.2 Å². The summed E-state index contributed by atoms with van der Waals surface area (Å²) < 4.78 is 24.0. The van der Waals surface area contributed by atoms with Crippen molar-refractivity contribution in [2.45, 2.75) is 40.9 Å². The highest BCUT2D eigenvalue weighted by Gasteiger charge is 2.43. The number of carboxylic acid groups (broad SMARTS) is 1. The molecule has 1 saturated carbocycles. The van der Waals surface area contributed by atoms with E-state index in [1.807, 2.05) is 0 Å². The Labute approximate surface area is 133 Å². The third-order valence-electron chi connectivity index (χ3n) is 4.03. The molecular weight excluding hydrogens is 332 g/mol. The van der Waals surface area contributed by atoms with Gasteiger partial charge < -0.3 is 5.11 Å². The first kappa shape index (κ1) is 16.6. The number of carbonyl (C=O) groups is 1. The normalized spacial score (nSPS) is 17.9. The van der Waals surface area contributed by atoms with E-state index in [1.165, 1.54) is 17.8 Å². The van der Waals surface area contributed by atoms with Crippen LogP contribution in [0.2, 0.25) is 5.02 Å². The first-order valence-corrected chi connectivity index (χ1v) is 10.0. The van der Waals surface area contributed by atoms with Crippen molar-refractivity contribution < 1.29 is 18.3 Å². The zero-order valence-corrected chi connectivity index (χ0v) is 14.2. The highest BCUT2D eigenvalue weighted by Crippen LogP contribution is 2.45. The Morgan fingerprint density at radius 3 is 2.33 bits per heavy atom. The van der Waals surface area contributed by atoms with Crippen molar-refractivity contribution in [1.29, 1.82) is 0 Å². The molecule has 1 aliphatic rings. The summed E-state index contributed by atoms with van der Waals surface area (Å²) in [5.74, 6) is -0.910. The highest BCUT2D eigenvalue weighted by molar-refractivity contribution is 7.99. The third kappa shape index (κ3) is 2.94. The Bertz CT molecular complexity index is 676. The van der Waals surface area contributed by atoms with E-state index in [0.29, 0.717) is 28.3 Å². The lowest BCUT2D eigenvalue weighted by Gasteiger charge is -2.26. The molecule has 0 aromatic heterocycles. The summed E-state index contributed by atoms with van der Waals surface area (Å²) in [4.78, 5) is 12.3. The minimum atomic E-state index is -3.47. The van der Waals surface area contributed by atoms with Crippen molar-refractivity contribution in [2.24, 2.45) is 0 Å². The lowest BCUT2D eigenvalue weighted by atomic mass is 9.79. The van der Waals surface area contributed by atoms with Gasteiger partial charge in [0.05, 0.1) is 15.3 Å². The van der Waals surface area contributed by atoms with Crippen LogP contribution in [0.5, 0.6) is 0 Å². The molecule has 0 saturated heterocycles. The lowest BCUT2D eigenvalue weighted by Crippen LogP contribution is -2.32. The number of sulfone groups is 1. The van der Waals surface area contributed by atoms with E-state index in [-0.39, 0.29) is 4.90 Å². The van der Waals surface area contributed by atoms with Gasteiger partial charge >= 0.3 is 5.97 Å². The van der Waals surface area contributed by atoms with Crippen molar-refractivity contribution >= 4 is 39.2 Å². The van der Waals surface area contributed by atoms with Crippen LogP contribution in [0.4, 0.5) is 0 Å². The van der Waals surface area contributed by atoms with E-state index in [9.17, 15) is 18.3 Å². The fraction of sp³-hybridized carbons (Fsp3) is 0.500. The van der Waals surface area contributed by atoms with Gasteiger partial charge in [-0.2, -0.15) is 0 Å². The van der Waals surface area contributed by atoms with Gasteiger partial charge in [-0.05, 0) is 36.8 Å². The number of hydrogen-bond donors (Lipinski definition) is 1. The topological polar surface area (TPSA) is 71.4 Å². The van der Waals surface area contributed by atoms with Crippen molar-refractivity contribution in [3.05, 3.63) is 22.7 Å². The second kappa shape index (κ2) is 5.82. The number of carboxylic acids is 1. The molecule has 1 N–H and O–H groups in total. The van der Waals surface area contributed by atoms with Crippen LogP contribution >= 0.6 is 23.4 Å². The molecule has 0 amide bonds. The van der Waals surface area contributed by atoms with E-state index in [4.69, 9.17) is 11.6 Å². The number of thioether (sulfide) groups is 1. The first-order chi connectivity index (χ1) is 9.72. The Balaban J connectivity index is 2.72. The summed E-state index contributed by atoms with van der Waals surface area (Å²) >= 11 is 7.46. The van der Waals surface area contributed by atoms with E-state index >= 15 is 0 Å². The average Bonchev–Trinajstić information content (AvgIpc) is 2.87. The molecule has 1 aromatic rings. The first-order valence-electron chi connectivity index (χ1n) is 6.54. The lowest BCUT2D eigenvalue weighted by molar-refractivity contribution is -0.143. The predicted molar refractivity (Wildman–Crippen MR) is 84.1 cm³/mol. The molecule has 4 nitrogen and oxygen atoms in total. The molecule has 0 heterocycles. The molecule has 0 atom stereocenters. The predicted octanol–water partition coefficient (Wildman–Crippen LogP) is 3.36. The molecule has 0 bridgehead atoms. The molecular formula is C14H17ClO4S2. The Kier molecular flexibility index (Phi) is 4.61. The number of benzene rings is 1. The molecule has 1 aromatic carbocycles. The molecule has 2 rings (SSSR count). The smallest absolute Gasteiger partial charge is 0.314 e. The number of aliphatic carboxylic acids is 1. The van der Waals surface area contributed by atoms with E-state index in [1.54, 1.807) is 12.3 Å². The highest BCUT2D eigenvalue weighted by atomic mass is 35.5.